The summed E-state index contributed by atoms with van der Waals surface area (Å²) >= 11 is 0. The van der Waals surface area contributed by atoms with Crippen LogP contribution in [0, 0.1) is 11.3 Å². The number of hydrogen-bond donors (Lipinski definition) is 3. The molecule has 0 unspecified atom stereocenters. The summed E-state index contributed by atoms with van der Waals surface area (Å²) in [5.74, 6) is -0.428. The number of carbonyl (C=O) groups is 2. The van der Waals surface area contributed by atoms with Gasteiger partial charge in [0.05, 0.1) is 6.61 Å². The highest BCUT2D eigenvalue weighted by molar-refractivity contribution is 6.44. The van der Waals surface area contributed by atoms with Crippen LogP contribution in [0.5, 0.6) is 0 Å². The summed E-state index contributed by atoms with van der Waals surface area (Å²) in [6.45, 7) is 7.41. The molecule has 0 bridgehead atoms. The van der Waals surface area contributed by atoms with Crippen LogP contribution in [-0.4, -0.2) is 36.5 Å². The second kappa shape index (κ2) is 9.64. The highest BCUT2D eigenvalue weighted by Crippen LogP contribution is 2.24. The molecule has 1 amide bonds. The van der Waals surface area contributed by atoms with Gasteiger partial charge in [-0.15, -0.1) is 0 Å². The number of benzene rings is 1. The Balaban J connectivity index is 2.42. The third-order valence-corrected chi connectivity index (χ3v) is 4.01. The van der Waals surface area contributed by atoms with Gasteiger partial charge >= 0.3 is 5.97 Å². The molecule has 1 aliphatic heterocycles. The van der Waals surface area contributed by atoms with Gasteiger partial charge in [-0.25, -0.2) is 4.99 Å². The minimum atomic E-state index is -0.505. The molecule has 148 valence electrons. The van der Waals surface area contributed by atoms with Crippen molar-refractivity contribution in [1.82, 2.24) is 10.6 Å². The number of amides is 1. The van der Waals surface area contributed by atoms with E-state index in [-0.39, 0.29) is 24.8 Å². The fraction of sp³-hybridized carbons (Fsp3) is 0.333. The fourth-order valence-corrected chi connectivity index (χ4v) is 2.64. The van der Waals surface area contributed by atoms with E-state index in [1.165, 1.54) is 0 Å². The SMILES string of the molecule is CCOC(=O)CNC(=O)C1=N/C(=C(/C(C)=N)c2ccccc2)NC(C(C)C)=C1. The molecule has 0 aliphatic carbocycles. The van der Waals surface area contributed by atoms with E-state index in [1.54, 1.807) is 19.9 Å². The van der Waals surface area contributed by atoms with E-state index in [2.05, 4.69) is 15.6 Å². The minimum Gasteiger partial charge on any atom is -0.465 e. The first-order valence-corrected chi connectivity index (χ1v) is 9.19. The van der Waals surface area contributed by atoms with E-state index in [0.717, 1.165) is 11.3 Å². The molecule has 28 heavy (non-hydrogen) atoms. The molecule has 0 aromatic heterocycles. The van der Waals surface area contributed by atoms with Crippen molar-refractivity contribution in [2.45, 2.75) is 27.7 Å². The smallest absolute Gasteiger partial charge is 0.325 e. The predicted molar refractivity (Wildman–Crippen MR) is 110 cm³/mol. The number of rotatable bonds is 7. The van der Waals surface area contributed by atoms with E-state index in [9.17, 15) is 9.59 Å². The molecule has 0 saturated heterocycles. The summed E-state index contributed by atoms with van der Waals surface area (Å²) in [4.78, 5) is 28.5. The number of nitrogens with one attached hydrogen (secondary N) is 3. The maximum Gasteiger partial charge on any atom is 0.325 e. The van der Waals surface area contributed by atoms with Crippen molar-refractivity contribution >= 4 is 28.9 Å². The molecule has 0 saturated carbocycles. The number of hydrogen-bond acceptors (Lipinski definition) is 6. The first kappa shape index (κ1) is 21.1. The summed E-state index contributed by atoms with van der Waals surface area (Å²) in [6.07, 6.45) is 1.66. The minimum absolute atomic E-state index is 0.112. The Labute approximate surface area is 165 Å². The Kier molecular flexibility index (Phi) is 7.26. The first-order valence-electron chi connectivity index (χ1n) is 9.19. The zero-order valence-corrected chi connectivity index (χ0v) is 16.6. The van der Waals surface area contributed by atoms with Crippen LogP contribution in [0.4, 0.5) is 0 Å². The van der Waals surface area contributed by atoms with Gasteiger partial charge in [-0.05, 0) is 31.4 Å². The van der Waals surface area contributed by atoms with Gasteiger partial charge in [0.15, 0.2) is 0 Å². The molecule has 0 spiro atoms. The highest BCUT2D eigenvalue weighted by atomic mass is 16.5. The first-order chi connectivity index (χ1) is 13.3. The van der Waals surface area contributed by atoms with Crippen LogP contribution in [0.15, 0.2) is 52.9 Å². The van der Waals surface area contributed by atoms with Crippen LogP contribution < -0.4 is 10.6 Å². The van der Waals surface area contributed by atoms with E-state index in [0.29, 0.717) is 17.1 Å². The maximum absolute atomic E-state index is 12.6. The second-order valence-electron chi connectivity index (χ2n) is 6.58. The van der Waals surface area contributed by atoms with Gasteiger partial charge in [-0.2, -0.15) is 0 Å². The van der Waals surface area contributed by atoms with Gasteiger partial charge in [0.1, 0.15) is 18.1 Å². The van der Waals surface area contributed by atoms with Gasteiger partial charge in [-0.3, -0.25) is 9.59 Å². The van der Waals surface area contributed by atoms with Crippen molar-refractivity contribution in [2.24, 2.45) is 10.9 Å². The average molecular weight is 382 g/mol. The van der Waals surface area contributed by atoms with Crippen LogP contribution in [0.3, 0.4) is 0 Å². The Morgan fingerprint density at radius 3 is 2.50 bits per heavy atom. The van der Waals surface area contributed by atoms with Crippen molar-refractivity contribution in [3.63, 3.8) is 0 Å². The number of nitrogens with zero attached hydrogens (tertiary/aromatic N) is 1. The van der Waals surface area contributed by atoms with E-state index in [1.807, 2.05) is 44.2 Å². The van der Waals surface area contributed by atoms with Crippen LogP contribution in [0.1, 0.15) is 33.3 Å². The number of carbonyl (C=O) groups excluding carboxylic acids is 2. The van der Waals surface area contributed by atoms with Crippen molar-refractivity contribution in [3.8, 4) is 0 Å². The van der Waals surface area contributed by atoms with Gasteiger partial charge in [-0.1, -0.05) is 44.2 Å². The van der Waals surface area contributed by atoms with Crippen molar-refractivity contribution < 1.29 is 14.3 Å². The number of aliphatic imine (C=N–C) groups is 1. The molecule has 0 radical (unpaired) electrons. The number of ether oxygens (including phenoxy) is 1. The Morgan fingerprint density at radius 1 is 1.25 bits per heavy atom. The molecule has 1 aliphatic rings. The monoisotopic (exact) mass is 382 g/mol. The zero-order chi connectivity index (χ0) is 20.7. The lowest BCUT2D eigenvalue weighted by Gasteiger charge is -2.23. The quantitative estimate of drug-likeness (QED) is 0.498. The standard InChI is InChI=1S/C21H26N4O3/c1-5-28-18(26)12-23-21(27)17-11-16(13(2)3)24-20(25-17)19(14(4)22)15-9-7-6-8-10-15/h6-11,13,22,24H,5,12H2,1-4H3,(H,23,27)/b20-19-,22-14?. The van der Waals surface area contributed by atoms with Crippen molar-refractivity contribution in [3.05, 3.63) is 53.5 Å². The van der Waals surface area contributed by atoms with E-state index >= 15 is 0 Å². The third-order valence-electron chi connectivity index (χ3n) is 4.01. The molecule has 1 aromatic rings. The molecule has 1 aromatic carbocycles. The molecule has 7 nitrogen and oxygen atoms in total. The normalized spacial score (nSPS) is 15.2. The Morgan fingerprint density at radius 2 is 1.93 bits per heavy atom. The highest BCUT2D eigenvalue weighted by Gasteiger charge is 2.22. The fourth-order valence-electron chi connectivity index (χ4n) is 2.64. The lowest BCUT2D eigenvalue weighted by Crippen LogP contribution is -2.37. The Bertz CT molecular complexity index is 852. The molecule has 7 heteroatoms. The molecular weight excluding hydrogens is 356 g/mol. The number of allylic oxidation sites excluding steroid dienone is 2. The lowest BCUT2D eigenvalue weighted by atomic mass is 10.00. The molecule has 0 atom stereocenters. The summed E-state index contributed by atoms with van der Waals surface area (Å²) in [6, 6.07) is 9.46. The molecule has 1 heterocycles. The summed E-state index contributed by atoms with van der Waals surface area (Å²) < 4.78 is 4.83. The van der Waals surface area contributed by atoms with Gasteiger partial charge in [0, 0.05) is 17.0 Å². The van der Waals surface area contributed by atoms with E-state index in [4.69, 9.17) is 10.1 Å². The third kappa shape index (κ3) is 5.39. The summed E-state index contributed by atoms with van der Waals surface area (Å²) in [5.41, 5.74) is 2.76. The average Bonchev–Trinajstić information content (AvgIpc) is 2.66. The lowest BCUT2D eigenvalue weighted by molar-refractivity contribution is -0.142. The molecular formula is C21H26N4O3. The van der Waals surface area contributed by atoms with Crippen LogP contribution in [0.25, 0.3) is 5.57 Å². The largest absolute Gasteiger partial charge is 0.465 e. The topological polar surface area (TPSA) is 104 Å². The summed E-state index contributed by atoms with van der Waals surface area (Å²) in [7, 11) is 0. The van der Waals surface area contributed by atoms with Crippen molar-refractivity contribution in [2.75, 3.05) is 13.2 Å². The Hall–Kier alpha value is -3.22. The van der Waals surface area contributed by atoms with Crippen molar-refractivity contribution in [1.29, 1.82) is 5.41 Å². The van der Waals surface area contributed by atoms with Gasteiger partial charge < -0.3 is 20.8 Å². The van der Waals surface area contributed by atoms with Gasteiger partial charge in [0.25, 0.3) is 5.91 Å². The molecule has 3 N–H and O–H groups in total. The van der Waals surface area contributed by atoms with E-state index < -0.39 is 11.9 Å². The van der Waals surface area contributed by atoms with Gasteiger partial charge in [0.2, 0.25) is 0 Å². The van der Waals surface area contributed by atoms with Crippen LogP contribution in [0.2, 0.25) is 0 Å². The molecule has 2 rings (SSSR count). The second-order valence-corrected chi connectivity index (χ2v) is 6.58. The number of esters is 1. The zero-order valence-electron chi connectivity index (χ0n) is 16.6. The maximum atomic E-state index is 12.6. The van der Waals surface area contributed by atoms with Crippen LogP contribution in [-0.2, 0) is 14.3 Å². The van der Waals surface area contributed by atoms with Crippen LogP contribution >= 0.6 is 0 Å². The predicted octanol–water partition coefficient (Wildman–Crippen LogP) is 2.66. The molecule has 0 fully saturated rings. The summed E-state index contributed by atoms with van der Waals surface area (Å²) in [5, 5.41) is 14.0.